The van der Waals surface area contributed by atoms with Gasteiger partial charge in [-0.05, 0) is 68.0 Å². The third-order valence-corrected chi connectivity index (χ3v) is 10.1. The number of rotatable bonds is 12. The molecule has 0 saturated carbocycles. The number of nitrogens with two attached hydrogens (primary N) is 1. The molecular formula is C42H54ClN7O8. The monoisotopic (exact) mass is 819 g/mol. The zero-order valence-corrected chi connectivity index (χ0v) is 33.6. The van der Waals surface area contributed by atoms with E-state index in [-0.39, 0.29) is 58.5 Å². The van der Waals surface area contributed by atoms with Gasteiger partial charge >= 0.3 is 0 Å². The first-order valence-corrected chi connectivity index (χ1v) is 19.7. The Labute approximate surface area is 343 Å². The summed E-state index contributed by atoms with van der Waals surface area (Å²) in [6.45, 7) is 6.87. The second kappa shape index (κ2) is 23.0. The molecule has 6 amide bonds. The molecule has 1 aromatic carbocycles. The topological polar surface area (TPSA) is 214 Å². The van der Waals surface area contributed by atoms with Gasteiger partial charge in [0.25, 0.3) is 0 Å². The molecule has 3 heterocycles. The van der Waals surface area contributed by atoms with Crippen molar-refractivity contribution in [2.45, 2.75) is 57.5 Å². The Morgan fingerprint density at radius 3 is 2.69 bits per heavy atom. The summed E-state index contributed by atoms with van der Waals surface area (Å²) in [6, 6.07) is 8.42. The summed E-state index contributed by atoms with van der Waals surface area (Å²) in [4.78, 5) is 83.2. The maximum absolute atomic E-state index is 14.6. The number of ether oxygens (including phenoxy) is 1. The average molecular weight is 820 g/mol. The quantitative estimate of drug-likeness (QED) is 0.136. The van der Waals surface area contributed by atoms with Gasteiger partial charge in [-0.1, -0.05) is 54.1 Å². The van der Waals surface area contributed by atoms with Gasteiger partial charge < -0.3 is 46.4 Å². The number of nitrogens with one attached hydrogen (secondary N) is 5. The number of piperidine rings is 1. The van der Waals surface area contributed by atoms with E-state index in [9.17, 15) is 28.8 Å². The largest absolute Gasteiger partial charge is 0.469 e. The van der Waals surface area contributed by atoms with Gasteiger partial charge in [-0.3, -0.25) is 28.8 Å². The molecule has 2 aliphatic heterocycles. The van der Waals surface area contributed by atoms with Gasteiger partial charge in [0.15, 0.2) is 0 Å². The second-order valence-corrected chi connectivity index (χ2v) is 14.7. The Morgan fingerprint density at radius 1 is 1.12 bits per heavy atom. The molecule has 0 spiro atoms. The van der Waals surface area contributed by atoms with Crippen molar-refractivity contribution in [1.82, 2.24) is 31.5 Å². The number of allylic oxidation sites excluding steroid dienone is 2. The molecule has 15 nitrogen and oxygen atoms in total. The summed E-state index contributed by atoms with van der Waals surface area (Å²) in [5.74, 6) is -2.48. The summed E-state index contributed by atoms with van der Waals surface area (Å²) in [5, 5.41) is 14.6. The molecule has 58 heavy (non-hydrogen) atoms. The third-order valence-electron chi connectivity index (χ3n) is 9.84. The Balaban J connectivity index is 1.69. The van der Waals surface area contributed by atoms with Crippen LogP contribution in [0, 0.1) is 5.41 Å². The number of halogens is 1. The van der Waals surface area contributed by atoms with Gasteiger partial charge in [-0.15, -0.1) is 0 Å². The molecule has 3 atom stereocenters. The van der Waals surface area contributed by atoms with Crippen LogP contribution in [-0.2, 0) is 46.3 Å². The van der Waals surface area contributed by atoms with Gasteiger partial charge in [-0.2, -0.15) is 0 Å². The number of amides is 6. The van der Waals surface area contributed by atoms with Crippen LogP contribution in [0.5, 0.6) is 0 Å². The van der Waals surface area contributed by atoms with Crippen LogP contribution in [0.3, 0.4) is 0 Å². The number of fused-ring (bicyclic) bond motifs is 2. The number of hydrogen-bond donors (Lipinski definition) is 6. The van der Waals surface area contributed by atoms with E-state index in [0.717, 1.165) is 17.7 Å². The summed E-state index contributed by atoms with van der Waals surface area (Å²) in [5.41, 5.74) is 6.27. The van der Waals surface area contributed by atoms with Gasteiger partial charge in [0.2, 0.25) is 35.4 Å². The van der Waals surface area contributed by atoms with Crippen molar-refractivity contribution < 1.29 is 37.9 Å². The second-order valence-electron chi connectivity index (χ2n) is 14.3. The van der Waals surface area contributed by atoms with Crippen molar-refractivity contribution in [3.05, 3.63) is 107 Å². The minimum atomic E-state index is -1.17. The number of carbonyl (C=O) groups is 6. The minimum Gasteiger partial charge on any atom is -0.469 e. The standard InChI is InChI=1S/C42H54ClN7O8/c1-3-4-9-31-27-47-40(55)35(25-33-11-6-20-58-33)49-41(56)42(26-30-8-5-10-32(43)24-30)15-7-19-50(28-42)38(53)13-12-36(51)45-17-14-34(48-37(52)23-29(31)2)39(54)46-18-22-57-21-16-44/h3-6,8-13,20,24,34-35H,1,7,14-19,21-23,25-28,44H2,2H3,(H,45,51)(H,46,54)(H,47,55)(H,48,52)(H,49,56)/b9-4-,13-12+,31-29-/t34-,35-,42+/m0/s1. The van der Waals surface area contributed by atoms with Crippen LogP contribution in [-0.4, -0.2) is 105 Å². The lowest BCUT2D eigenvalue weighted by Crippen LogP contribution is -2.58. The molecule has 2 bridgehead atoms. The molecule has 4 rings (SSSR count). The number of benzene rings is 1. The lowest BCUT2D eigenvalue weighted by molar-refractivity contribution is -0.141. The molecule has 1 saturated heterocycles. The predicted octanol–water partition coefficient (Wildman–Crippen LogP) is 2.03. The summed E-state index contributed by atoms with van der Waals surface area (Å²) < 4.78 is 10.9. The molecule has 0 aliphatic carbocycles. The fourth-order valence-electron chi connectivity index (χ4n) is 6.83. The normalized spacial score (nSPS) is 23.8. The maximum Gasteiger partial charge on any atom is 0.246 e. The molecular weight excluding hydrogens is 766 g/mol. The van der Waals surface area contributed by atoms with Crippen LogP contribution in [0.1, 0.15) is 43.9 Å². The van der Waals surface area contributed by atoms with Crippen LogP contribution in [0.2, 0.25) is 5.02 Å². The van der Waals surface area contributed by atoms with E-state index in [1.807, 2.05) is 6.07 Å². The highest BCUT2D eigenvalue weighted by Gasteiger charge is 2.44. The van der Waals surface area contributed by atoms with Crippen molar-refractivity contribution in [2.24, 2.45) is 11.1 Å². The molecule has 2 aliphatic rings. The van der Waals surface area contributed by atoms with Crippen molar-refractivity contribution in [3.8, 4) is 0 Å². The first-order valence-electron chi connectivity index (χ1n) is 19.4. The number of nitrogens with zero attached hydrogens (tertiary/aromatic N) is 1. The van der Waals surface area contributed by atoms with Gasteiger partial charge in [0, 0.05) is 69.3 Å². The summed E-state index contributed by atoms with van der Waals surface area (Å²) in [6.07, 6.45) is 9.72. The maximum atomic E-state index is 14.6. The highest BCUT2D eigenvalue weighted by atomic mass is 35.5. The van der Waals surface area contributed by atoms with Gasteiger partial charge in [0.1, 0.15) is 17.8 Å². The summed E-state index contributed by atoms with van der Waals surface area (Å²) in [7, 11) is 0. The van der Waals surface area contributed by atoms with Crippen LogP contribution < -0.4 is 32.3 Å². The van der Waals surface area contributed by atoms with Crippen molar-refractivity contribution in [1.29, 1.82) is 0 Å². The Bertz CT molecular complexity index is 1860. The van der Waals surface area contributed by atoms with Crippen molar-refractivity contribution in [2.75, 3.05) is 52.5 Å². The lowest BCUT2D eigenvalue weighted by Gasteiger charge is -2.42. The number of hydrogen-bond acceptors (Lipinski definition) is 9. The van der Waals surface area contributed by atoms with Gasteiger partial charge in [0.05, 0.1) is 24.9 Å². The molecule has 2 aromatic rings. The van der Waals surface area contributed by atoms with Crippen LogP contribution >= 0.6 is 11.6 Å². The Morgan fingerprint density at radius 2 is 1.95 bits per heavy atom. The average Bonchev–Trinajstić information content (AvgIpc) is 3.72. The van der Waals surface area contributed by atoms with E-state index in [2.05, 4.69) is 33.2 Å². The molecule has 1 fully saturated rings. The first kappa shape index (κ1) is 45.2. The SMILES string of the molecule is C=C/C=C\C1=C(/C)CC(=O)N[C@H](C(=O)NCCOCCN)CCNC(=O)/C=C/C(=O)N2CCC[C@@](Cc3cccc(Cl)c3)(C2)C(=O)N[C@@H](Cc2ccco2)C(=O)NC1. The fraction of sp³-hybridized carbons (Fsp3) is 0.429. The molecule has 1 aromatic heterocycles. The number of furan rings is 1. The highest BCUT2D eigenvalue weighted by Crippen LogP contribution is 2.35. The van der Waals surface area contributed by atoms with Crippen molar-refractivity contribution >= 4 is 47.0 Å². The predicted molar refractivity (Wildman–Crippen MR) is 219 cm³/mol. The highest BCUT2D eigenvalue weighted by molar-refractivity contribution is 6.30. The van der Waals surface area contributed by atoms with E-state index in [1.54, 1.807) is 55.5 Å². The Kier molecular flexibility index (Phi) is 17.9. The smallest absolute Gasteiger partial charge is 0.246 e. The first-order chi connectivity index (χ1) is 27.9. The van der Waals surface area contributed by atoms with E-state index >= 15 is 0 Å². The van der Waals surface area contributed by atoms with Crippen molar-refractivity contribution in [3.63, 3.8) is 0 Å². The lowest BCUT2D eigenvalue weighted by atomic mass is 9.74. The molecule has 0 radical (unpaired) electrons. The van der Waals surface area contributed by atoms with E-state index in [0.29, 0.717) is 54.5 Å². The zero-order chi connectivity index (χ0) is 41.9. The third kappa shape index (κ3) is 14.1. The summed E-state index contributed by atoms with van der Waals surface area (Å²) >= 11 is 6.34. The zero-order valence-electron chi connectivity index (χ0n) is 32.9. The van der Waals surface area contributed by atoms with E-state index in [1.165, 1.54) is 11.2 Å². The fourth-order valence-corrected chi connectivity index (χ4v) is 7.05. The number of carbonyl (C=O) groups excluding carboxylic acids is 6. The minimum absolute atomic E-state index is 0.000612. The van der Waals surface area contributed by atoms with Crippen LogP contribution in [0.4, 0.5) is 0 Å². The van der Waals surface area contributed by atoms with E-state index < -0.39 is 52.9 Å². The van der Waals surface area contributed by atoms with Crippen LogP contribution in [0.15, 0.2) is 95.2 Å². The van der Waals surface area contributed by atoms with Crippen LogP contribution in [0.25, 0.3) is 0 Å². The van der Waals surface area contributed by atoms with Gasteiger partial charge in [-0.25, -0.2) is 0 Å². The molecule has 0 unspecified atom stereocenters. The van der Waals surface area contributed by atoms with E-state index in [4.69, 9.17) is 26.5 Å². The Hall–Kier alpha value is -5.51. The molecule has 312 valence electrons. The molecule has 7 N–H and O–H groups in total. The molecule has 16 heteroatoms.